The summed E-state index contributed by atoms with van der Waals surface area (Å²) in [5.41, 5.74) is 11.3. The van der Waals surface area contributed by atoms with E-state index in [4.69, 9.17) is 11.5 Å². The van der Waals surface area contributed by atoms with Crippen LogP contribution in [0.3, 0.4) is 0 Å². The SMILES string of the molecule is CC(N)CCC[CH]CCCCC(C)N. The van der Waals surface area contributed by atoms with Gasteiger partial charge in [-0.1, -0.05) is 32.1 Å². The van der Waals surface area contributed by atoms with Crippen LogP contribution in [0.5, 0.6) is 0 Å². The van der Waals surface area contributed by atoms with Crippen LogP contribution in [0.4, 0.5) is 0 Å². The predicted molar refractivity (Wildman–Crippen MR) is 63.9 cm³/mol. The van der Waals surface area contributed by atoms with Crippen molar-refractivity contribution in [2.75, 3.05) is 0 Å². The highest BCUT2D eigenvalue weighted by atomic mass is 14.6. The summed E-state index contributed by atoms with van der Waals surface area (Å²) in [6.45, 7) is 4.15. The first-order chi connectivity index (χ1) is 6.63. The van der Waals surface area contributed by atoms with Crippen molar-refractivity contribution < 1.29 is 0 Å². The maximum atomic E-state index is 5.66. The van der Waals surface area contributed by atoms with Gasteiger partial charge in [0, 0.05) is 12.1 Å². The highest BCUT2D eigenvalue weighted by Crippen LogP contribution is 2.08. The van der Waals surface area contributed by atoms with Crippen LogP contribution in [0.15, 0.2) is 0 Å². The van der Waals surface area contributed by atoms with Gasteiger partial charge in [0.15, 0.2) is 0 Å². The van der Waals surface area contributed by atoms with Gasteiger partial charge >= 0.3 is 0 Å². The molecule has 4 N–H and O–H groups in total. The molecule has 0 saturated carbocycles. The van der Waals surface area contributed by atoms with E-state index >= 15 is 0 Å². The first-order valence-electron chi connectivity index (χ1n) is 5.95. The Labute approximate surface area is 89.4 Å². The molecule has 85 valence electrons. The monoisotopic (exact) mass is 199 g/mol. The minimum atomic E-state index is 0.362. The average molecular weight is 199 g/mol. The van der Waals surface area contributed by atoms with E-state index in [0.29, 0.717) is 12.1 Å². The topological polar surface area (TPSA) is 52.0 Å². The molecule has 0 rings (SSSR count). The quantitative estimate of drug-likeness (QED) is 0.561. The largest absolute Gasteiger partial charge is 0.328 e. The highest BCUT2D eigenvalue weighted by Gasteiger charge is 1.96. The summed E-state index contributed by atoms with van der Waals surface area (Å²) < 4.78 is 0. The molecule has 0 aromatic carbocycles. The Morgan fingerprint density at radius 1 is 0.857 bits per heavy atom. The van der Waals surface area contributed by atoms with E-state index in [1.807, 2.05) is 0 Å². The standard InChI is InChI=1S/C12H27N2/c1-11(13)9-7-5-3-4-6-8-10-12(2)14/h3,11-12H,4-10,13-14H2,1-2H3. The zero-order valence-corrected chi connectivity index (χ0v) is 9.84. The molecule has 14 heavy (non-hydrogen) atoms. The maximum absolute atomic E-state index is 5.66. The molecule has 0 spiro atoms. The van der Waals surface area contributed by atoms with Gasteiger partial charge in [-0.15, -0.1) is 0 Å². The zero-order chi connectivity index (χ0) is 10.8. The summed E-state index contributed by atoms with van der Waals surface area (Å²) in [7, 11) is 0. The molecule has 0 fully saturated rings. The molecule has 0 amide bonds. The number of rotatable bonds is 9. The van der Waals surface area contributed by atoms with Crippen molar-refractivity contribution >= 4 is 0 Å². The van der Waals surface area contributed by atoms with Crippen LogP contribution < -0.4 is 11.5 Å². The Balaban J connectivity index is 2.92. The molecule has 2 heteroatoms. The second kappa shape index (κ2) is 9.47. The third-order valence-corrected chi connectivity index (χ3v) is 2.39. The van der Waals surface area contributed by atoms with Gasteiger partial charge in [0.1, 0.15) is 0 Å². The molecule has 0 aliphatic rings. The van der Waals surface area contributed by atoms with Gasteiger partial charge in [0.2, 0.25) is 0 Å². The highest BCUT2D eigenvalue weighted by molar-refractivity contribution is 4.66. The van der Waals surface area contributed by atoms with Gasteiger partial charge in [-0.2, -0.15) is 0 Å². The van der Waals surface area contributed by atoms with E-state index in [0.717, 1.165) is 12.8 Å². The summed E-state index contributed by atoms with van der Waals surface area (Å²) >= 11 is 0. The third kappa shape index (κ3) is 11.9. The van der Waals surface area contributed by atoms with E-state index in [1.54, 1.807) is 0 Å². The molecule has 2 nitrogen and oxygen atoms in total. The average Bonchev–Trinajstić information content (AvgIpc) is 2.08. The van der Waals surface area contributed by atoms with Crippen LogP contribution in [0, 0.1) is 6.42 Å². The smallest absolute Gasteiger partial charge is 0.00104 e. The van der Waals surface area contributed by atoms with Crippen molar-refractivity contribution in [3.63, 3.8) is 0 Å². The zero-order valence-electron chi connectivity index (χ0n) is 9.84. The Kier molecular flexibility index (Phi) is 9.42. The lowest BCUT2D eigenvalue weighted by Crippen LogP contribution is -2.14. The maximum Gasteiger partial charge on any atom is 0.00104 e. The first kappa shape index (κ1) is 13.9. The Hall–Kier alpha value is -0.0800. The summed E-state index contributed by atoms with van der Waals surface area (Å²) in [5.74, 6) is 0. The van der Waals surface area contributed by atoms with Crippen LogP contribution in [-0.2, 0) is 0 Å². The molecule has 0 bridgehead atoms. The summed E-state index contributed by atoms with van der Waals surface area (Å²) in [6, 6.07) is 0.731. The summed E-state index contributed by atoms with van der Waals surface area (Å²) in [5, 5.41) is 0. The van der Waals surface area contributed by atoms with Crippen LogP contribution in [-0.4, -0.2) is 12.1 Å². The van der Waals surface area contributed by atoms with Crippen molar-refractivity contribution in [3.05, 3.63) is 6.42 Å². The van der Waals surface area contributed by atoms with Crippen molar-refractivity contribution in [1.29, 1.82) is 0 Å². The lowest BCUT2D eigenvalue weighted by Gasteiger charge is -2.05. The Morgan fingerprint density at radius 3 is 1.93 bits per heavy atom. The van der Waals surface area contributed by atoms with Crippen molar-refractivity contribution in [2.45, 2.75) is 70.9 Å². The minimum Gasteiger partial charge on any atom is -0.328 e. The fourth-order valence-corrected chi connectivity index (χ4v) is 1.48. The Morgan fingerprint density at radius 2 is 1.36 bits per heavy atom. The summed E-state index contributed by atoms with van der Waals surface area (Å²) in [4.78, 5) is 0. The van der Waals surface area contributed by atoms with Crippen molar-refractivity contribution in [2.24, 2.45) is 11.5 Å². The summed E-state index contributed by atoms with van der Waals surface area (Å²) in [6.07, 6.45) is 11.0. The molecule has 2 atom stereocenters. The molecule has 0 aliphatic heterocycles. The molecule has 0 saturated heterocycles. The molecular weight excluding hydrogens is 172 g/mol. The molecule has 0 aliphatic carbocycles. The number of nitrogens with two attached hydrogens (primary N) is 2. The second-order valence-electron chi connectivity index (χ2n) is 4.46. The van der Waals surface area contributed by atoms with Gasteiger partial charge in [-0.25, -0.2) is 0 Å². The van der Waals surface area contributed by atoms with E-state index in [1.165, 1.54) is 32.1 Å². The first-order valence-corrected chi connectivity index (χ1v) is 5.95. The molecule has 0 aromatic rings. The van der Waals surface area contributed by atoms with E-state index in [9.17, 15) is 0 Å². The van der Waals surface area contributed by atoms with Gasteiger partial charge < -0.3 is 11.5 Å². The Bertz CT molecular complexity index is 96.9. The second-order valence-corrected chi connectivity index (χ2v) is 4.46. The minimum absolute atomic E-state index is 0.362. The van der Waals surface area contributed by atoms with E-state index in [-0.39, 0.29) is 0 Å². The van der Waals surface area contributed by atoms with Gasteiger partial charge in [-0.3, -0.25) is 0 Å². The number of unbranched alkanes of at least 4 members (excludes halogenated alkanes) is 5. The van der Waals surface area contributed by atoms with Crippen LogP contribution in [0.1, 0.15) is 58.8 Å². The lowest BCUT2D eigenvalue weighted by atomic mass is 10.0. The van der Waals surface area contributed by atoms with Crippen LogP contribution in [0.25, 0.3) is 0 Å². The van der Waals surface area contributed by atoms with Gasteiger partial charge in [0.25, 0.3) is 0 Å². The number of hydrogen-bond donors (Lipinski definition) is 2. The molecule has 1 radical (unpaired) electrons. The normalized spacial score (nSPS) is 15.4. The molecule has 0 aromatic heterocycles. The van der Waals surface area contributed by atoms with Crippen molar-refractivity contribution in [1.82, 2.24) is 0 Å². The number of hydrogen-bond acceptors (Lipinski definition) is 2. The van der Waals surface area contributed by atoms with Crippen LogP contribution in [0.2, 0.25) is 0 Å². The third-order valence-electron chi connectivity index (χ3n) is 2.39. The predicted octanol–water partition coefficient (Wildman–Crippen LogP) is 2.62. The molecule has 0 heterocycles. The van der Waals surface area contributed by atoms with E-state index in [2.05, 4.69) is 20.3 Å². The van der Waals surface area contributed by atoms with Gasteiger partial charge in [0.05, 0.1) is 0 Å². The lowest BCUT2D eigenvalue weighted by molar-refractivity contribution is 0.576. The fourth-order valence-electron chi connectivity index (χ4n) is 1.48. The van der Waals surface area contributed by atoms with Gasteiger partial charge in [-0.05, 0) is 33.1 Å². The fraction of sp³-hybridized carbons (Fsp3) is 0.917. The molecular formula is C12H27N2. The molecule has 2 unspecified atom stereocenters. The van der Waals surface area contributed by atoms with Crippen molar-refractivity contribution in [3.8, 4) is 0 Å². The van der Waals surface area contributed by atoms with Crippen LogP contribution >= 0.6 is 0 Å². The van der Waals surface area contributed by atoms with E-state index < -0.39 is 0 Å².